The van der Waals surface area contributed by atoms with Crippen LogP contribution in [0.25, 0.3) is 0 Å². The predicted octanol–water partition coefficient (Wildman–Crippen LogP) is 1.42. The number of carbonyl (C=O) groups is 1. The van der Waals surface area contributed by atoms with Crippen LogP contribution in [-0.2, 0) is 4.74 Å². The standard InChI is InChI=1S/C16H27N5O2.ClH/c1-11(2)15-12(5-8-23-15)9-18-16(22)14-10-21(20-19-14)13-3-6-17-7-4-13;/h10-13,15,17H,3-9H2,1-2H3,(H,18,22);1H. The van der Waals surface area contributed by atoms with Gasteiger partial charge in [0, 0.05) is 19.1 Å². The van der Waals surface area contributed by atoms with Gasteiger partial charge in [-0.25, -0.2) is 4.68 Å². The number of carbonyl (C=O) groups excluding carboxylic acids is 1. The van der Waals surface area contributed by atoms with Crippen molar-refractivity contribution in [3.05, 3.63) is 11.9 Å². The van der Waals surface area contributed by atoms with Crippen molar-refractivity contribution < 1.29 is 9.53 Å². The van der Waals surface area contributed by atoms with Gasteiger partial charge in [-0.1, -0.05) is 19.1 Å². The van der Waals surface area contributed by atoms with E-state index in [1.165, 1.54) is 0 Å². The number of ether oxygens (including phenoxy) is 1. The zero-order valence-corrected chi connectivity index (χ0v) is 15.2. The molecule has 136 valence electrons. The summed E-state index contributed by atoms with van der Waals surface area (Å²) in [5, 5.41) is 14.5. The molecule has 0 spiro atoms. The fraction of sp³-hybridized carbons (Fsp3) is 0.812. The Morgan fingerprint density at radius 2 is 2.17 bits per heavy atom. The summed E-state index contributed by atoms with van der Waals surface area (Å²) >= 11 is 0. The molecule has 1 amide bonds. The Morgan fingerprint density at radius 3 is 2.88 bits per heavy atom. The third-order valence-corrected chi connectivity index (χ3v) is 4.87. The summed E-state index contributed by atoms with van der Waals surface area (Å²) in [4.78, 5) is 12.3. The molecule has 3 heterocycles. The van der Waals surface area contributed by atoms with Crippen molar-refractivity contribution in [1.29, 1.82) is 0 Å². The molecule has 2 aliphatic rings. The SMILES string of the molecule is CC(C)C1OCCC1CNC(=O)c1cn(C2CCNCC2)nn1.Cl. The van der Waals surface area contributed by atoms with Crippen molar-refractivity contribution in [2.75, 3.05) is 26.2 Å². The van der Waals surface area contributed by atoms with Crippen molar-refractivity contribution in [1.82, 2.24) is 25.6 Å². The highest BCUT2D eigenvalue weighted by Crippen LogP contribution is 2.26. The molecular weight excluding hydrogens is 330 g/mol. The largest absolute Gasteiger partial charge is 0.378 e. The minimum absolute atomic E-state index is 0. The van der Waals surface area contributed by atoms with Gasteiger partial charge in [-0.05, 0) is 38.3 Å². The number of piperidine rings is 1. The maximum absolute atomic E-state index is 12.3. The quantitative estimate of drug-likeness (QED) is 0.832. The van der Waals surface area contributed by atoms with Gasteiger partial charge in [0.2, 0.25) is 0 Å². The van der Waals surface area contributed by atoms with Crippen LogP contribution >= 0.6 is 12.4 Å². The van der Waals surface area contributed by atoms with Crippen molar-refractivity contribution in [2.24, 2.45) is 11.8 Å². The van der Waals surface area contributed by atoms with E-state index in [1.807, 2.05) is 4.68 Å². The molecular formula is C16H28ClN5O2. The lowest BCUT2D eigenvalue weighted by Crippen LogP contribution is -2.35. The first-order valence-electron chi connectivity index (χ1n) is 8.67. The molecule has 0 aromatic carbocycles. The van der Waals surface area contributed by atoms with Gasteiger partial charge in [-0.2, -0.15) is 0 Å². The molecule has 0 bridgehead atoms. The molecule has 2 atom stereocenters. The summed E-state index contributed by atoms with van der Waals surface area (Å²) in [6, 6.07) is 0.346. The van der Waals surface area contributed by atoms with Crippen LogP contribution in [-0.4, -0.2) is 53.2 Å². The van der Waals surface area contributed by atoms with E-state index < -0.39 is 0 Å². The average molecular weight is 358 g/mol. The maximum Gasteiger partial charge on any atom is 0.273 e. The van der Waals surface area contributed by atoms with Crippen molar-refractivity contribution in [3.8, 4) is 0 Å². The van der Waals surface area contributed by atoms with Crippen LogP contribution in [0.4, 0.5) is 0 Å². The van der Waals surface area contributed by atoms with E-state index in [-0.39, 0.29) is 24.4 Å². The first-order valence-corrected chi connectivity index (χ1v) is 8.67. The summed E-state index contributed by atoms with van der Waals surface area (Å²) in [5.74, 6) is 0.721. The molecule has 0 aliphatic carbocycles. The summed E-state index contributed by atoms with van der Waals surface area (Å²) < 4.78 is 7.60. The number of nitrogens with one attached hydrogen (secondary N) is 2. The third-order valence-electron chi connectivity index (χ3n) is 4.87. The van der Waals surface area contributed by atoms with Crippen molar-refractivity contribution in [3.63, 3.8) is 0 Å². The molecule has 2 saturated heterocycles. The number of halogens is 1. The Labute approximate surface area is 149 Å². The molecule has 24 heavy (non-hydrogen) atoms. The van der Waals surface area contributed by atoms with E-state index in [0.717, 1.165) is 39.0 Å². The Balaban J connectivity index is 0.00000208. The minimum atomic E-state index is -0.139. The zero-order chi connectivity index (χ0) is 16.2. The zero-order valence-electron chi connectivity index (χ0n) is 14.4. The van der Waals surface area contributed by atoms with Gasteiger partial charge in [0.1, 0.15) is 0 Å². The second kappa shape index (κ2) is 8.78. The Hall–Kier alpha value is -1.18. The lowest BCUT2D eigenvalue weighted by atomic mass is 9.93. The molecule has 0 saturated carbocycles. The van der Waals surface area contributed by atoms with E-state index in [4.69, 9.17) is 4.74 Å². The predicted molar refractivity (Wildman–Crippen MR) is 93.4 cm³/mol. The lowest BCUT2D eigenvalue weighted by molar-refractivity contribution is 0.0533. The summed E-state index contributed by atoms with van der Waals surface area (Å²) in [7, 11) is 0. The van der Waals surface area contributed by atoms with E-state index in [1.54, 1.807) is 6.20 Å². The van der Waals surface area contributed by atoms with Crippen LogP contribution in [0.5, 0.6) is 0 Å². The molecule has 1 aromatic heterocycles. The normalized spacial score (nSPS) is 24.8. The molecule has 2 unspecified atom stereocenters. The van der Waals surface area contributed by atoms with Crippen LogP contribution < -0.4 is 10.6 Å². The topological polar surface area (TPSA) is 81.1 Å². The number of hydrogen-bond acceptors (Lipinski definition) is 5. The lowest BCUT2D eigenvalue weighted by Gasteiger charge is -2.22. The second-order valence-electron chi connectivity index (χ2n) is 6.90. The van der Waals surface area contributed by atoms with Gasteiger partial charge in [0.15, 0.2) is 5.69 Å². The monoisotopic (exact) mass is 357 g/mol. The van der Waals surface area contributed by atoms with Crippen LogP contribution in [0.15, 0.2) is 6.20 Å². The highest BCUT2D eigenvalue weighted by Gasteiger charge is 2.31. The number of nitrogens with zero attached hydrogens (tertiary/aromatic N) is 3. The minimum Gasteiger partial charge on any atom is -0.378 e. The summed E-state index contributed by atoms with van der Waals surface area (Å²) in [5.41, 5.74) is 0.406. The smallest absolute Gasteiger partial charge is 0.273 e. The summed E-state index contributed by atoms with van der Waals surface area (Å²) in [6.45, 7) is 7.73. The van der Waals surface area contributed by atoms with Gasteiger partial charge in [-0.15, -0.1) is 17.5 Å². The number of rotatable bonds is 5. The number of amides is 1. The molecule has 2 N–H and O–H groups in total. The second-order valence-corrected chi connectivity index (χ2v) is 6.90. The Kier molecular flexibility index (Phi) is 7.01. The molecule has 3 rings (SSSR count). The Morgan fingerprint density at radius 1 is 1.42 bits per heavy atom. The maximum atomic E-state index is 12.3. The molecule has 1 aromatic rings. The highest BCUT2D eigenvalue weighted by molar-refractivity contribution is 5.91. The molecule has 0 radical (unpaired) electrons. The first kappa shape index (κ1) is 19.1. The molecule has 8 heteroatoms. The van der Waals surface area contributed by atoms with E-state index in [9.17, 15) is 4.79 Å². The highest BCUT2D eigenvalue weighted by atomic mass is 35.5. The fourth-order valence-electron chi connectivity index (χ4n) is 3.56. The van der Waals surface area contributed by atoms with Gasteiger partial charge in [-0.3, -0.25) is 4.79 Å². The molecule has 2 aliphatic heterocycles. The van der Waals surface area contributed by atoms with Gasteiger partial charge >= 0.3 is 0 Å². The van der Waals surface area contributed by atoms with Crippen molar-refractivity contribution >= 4 is 18.3 Å². The third kappa shape index (κ3) is 4.46. The van der Waals surface area contributed by atoms with E-state index in [2.05, 4.69) is 34.8 Å². The Bertz CT molecular complexity index is 530. The summed E-state index contributed by atoms with van der Waals surface area (Å²) in [6.07, 6.45) is 5.07. The van der Waals surface area contributed by atoms with Crippen LogP contribution in [0.2, 0.25) is 0 Å². The molecule has 2 fully saturated rings. The first-order chi connectivity index (χ1) is 11.1. The average Bonchev–Trinajstić information content (AvgIpc) is 3.22. The van der Waals surface area contributed by atoms with Gasteiger partial charge in [0.05, 0.1) is 18.3 Å². The van der Waals surface area contributed by atoms with Crippen LogP contribution in [0.1, 0.15) is 49.6 Å². The van der Waals surface area contributed by atoms with Crippen LogP contribution in [0, 0.1) is 11.8 Å². The van der Waals surface area contributed by atoms with E-state index in [0.29, 0.717) is 30.1 Å². The van der Waals surface area contributed by atoms with Gasteiger partial charge < -0.3 is 15.4 Å². The number of hydrogen-bond donors (Lipinski definition) is 2. The number of aromatic nitrogens is 3. The molecule has 7 nitrogen and oxygen atoms in total. The fourth-order valence-corrected chi connectivity index (χ4v) is 3.56. The van der Waals surface area contributed by atoms with Crippen molar-refractivity contribution in [2.45, 2.75) is 45.3 Å². The van der Waals surface area contributed by atoms with Gasteiger partial charge in [0.25, 0.3) is 5.91 Å². The van der Waals surface area contributed by atoms with E-state index >= 15 is 0 Å². The van der Waals surface area contributed by atoms with Crippen LogP contribution in [0.3, 0.4) is 0 Å².